The van der Waals surface area contributed by atoms with Gasteiger partial charge in [-0.2, -0.15) is 18.3 Å². The van der Waals surface area contributed by atoms with Gasteiger partial charge in [0.05, 0.1) is 23.1 Å². The Morgan fingerprint density at radius 1 is 1.39 bits per heavy atom. The number of likely N-dealkylation sites (tertiary alicyclic amines) is 1. The van der Waals surface area contributed by atoms with Gasteiger partial charge in [-0.1, -0.05) is 11.6 Å². The number of amides is 1. The van der Waals surface area contributed by atoms with Gasteiger partial charge in [0.2, 0.25) is 5.91 Å². The van der Waals surface area contributed by atoms with Gasteiger partial charge < -0.3 is 10.0 Å². The molecule has 1 aliphatic rings. The number of carbonyl (C=O) groups is 2. The monoisotopic (exact) mass is 353 g/mol. The maximum absolute atomic E-state index is 12.9. The molecule has 1 aliphatic heterocycles. The van der Waals surface area contributed by atoms with Gasteiger partial charge in [-0.05, 0) is 6.42 Å². The summed E-state index contributed by atoms with van der Waals surface area (Å²) in [7, 11) is 0. The minimum Gasteiger partial charge on any atom is -0.481 e. The molecule has 128 valence electrons. The van der Waals surface area contributed by atoms with Crippen LogP contribution < -0.4 is 0 Å². The first-order valence-electron chi connectivity index (χ1n) is 6.92. The van der Waals surface area contributed by atoms with Crippen LogP contribution in [0.25, 0.3) is 0 Å². The van der Waals surface area contributed by atoms with Gasteiger partial charge in [-0.25, -0.2) is 0 Å². The zero-order valence-corrected chi connectivity index (χ0v) is 12.7. The Kier molecular flexibility index (Phi) is 5.18. The first-order valence-corrected chi connectivity index (χ1v) is 7.30. The van der Waals surface area contributed by atoms with Crippen molar-refractivity contribution in [1.29, 1.82) is 0 Å². The Morgan fingerprint density at radius 2 is 2.09 bits per heavy atom. The third kappa shape index (κ3) is 4.60. The van der Waals surface area contributed by atoms with Gasteiger partial charge in [-0.15, -0.1) is 0 Å². The molecule has 10 heteroatoms. The third-order valence-electron chi connectivity index (χ3n) is 3.77. The van der Waals surface area contributed by atoms with Crippen LogP contribution in [0.15, 0.2) is 12.4 Å². The number of hydrogen-bond acceptors (Lipinski definition) is 3. The van der Waals surface area contributed by atoms with Crippen LogP contribution in [-0.2, 0) is 16.1 Å². The molecule has 0 aliphatic carbocycles. The number of rotatable bonds is 4. The molecule has 2 atom stereocenters. The van der Waals surface area contributed by atoms with Crippen molar-refractivity contribution in [3.05, 3.63) is 17.4 Å². The normalized spacial score (nSPS) is 22.2. The molecule has 0 spiro atoms. The van der Waals surface area contributed by atoms with Crippen molar-refractivity contribution in [2.75, 3.05) is 13.1 Å². The lowest BCUT2D eigenvalue weighted by molar-refractivity contribution is -0.195. The van der Waals surface area contributed by atoms with Gasteiger partial charge in [0.25, 0.3) is 0 Å². The number of piperidine rings is 1. The summed E-state index contributed by atoms with van der Waals surface area (Å²) < 4.78 is 40.1. The maximum atomic E-state index is 12.9. The first-order chi connectivity index (χ1) is 10.7. The van der Waals surface area contributed by atoms with Crippen LogP contribution in [0.2, 0.25) is 5.02 Å². The Morgan fingerprint density at radius 3 is 2.61 bits per heavy atom. The molecule has 0 aromatic carbocycles. The maximum Gasteiger partial charge on any atom is 0.393 e. The molecule has 0 radical (unpaired) electrons. The second-order valence-corrected chi connectivity index (χ2v) is 5.92. The lowest BCUT2D eigenvalue weighted by atomic mass is 9.88. The number of carboxylic acid groups (broad SMARTS) is 1. The average molecular weight is 354 g/mol. The molecule has 1 N–H and O–H groups in total. The molecule has 23 heavy (non-hydrogen) atoms. The number of aryl methyl sites for hydroxylation is 1. The number of carboxylic acids is 1. The summed E-state index contributed by atoms with van der Waals surface area (Å²) in [5, 5.41) is 13.3. The van der Waals surface area contributed by atoms with Crippen molar-refractivity contribution in [2.24, 2.45) is 11.8 Å². The fourth-order valence-corrected chi connectivity index (χ4v) is 2.70. The first kappa shape index (κ1) is 17.6. The smallest absolute Gasteiger partial charge is 0.393 e. The summed E-state index contributed by atoms with van der Waals surface area (Å²) in [6.07, 6.45) is -2.23. The summed E-state index contributed by atoms with van der Waals surface area (Å²) in [5.74, 6) is -4.88. The second-order valence-electron chi connectivity index (χ2n) is 5.48. The fraction of sp³-hybridized carbons (Fsp3) is 0.615. The van der Waals surface area contributed by atoms with E-state index in [2.05, 4.69) is 5.10 Å². The molecule has 6 nitrogen and oxygen atoms in total. The van der Waals surface area contributed by atoms with E-state index in [0.29, 0.717) is 5.02 Å². The van der Waals surface area contributed by atoms with Gasteiger partial charge >= 0.3 is 12.1 Å². The second kappa shape index (κ2) is 6.77. The molecule has 2 rings (SSSR count). The highest BCUT2D eigenvalue weighted by Gasteiger charge is 2.46. The summed E-state index contributed by atoms with van der Waals surface area (Å²) in [6.45, 7) is -0.553. The molecule has 1 aromatic heterocycles. The lowest BCUT2D eigenvalue weighted by Gasteiger charge is -2.37. The van der Waals surface area contributed by atoms with Crippen LogP contribution in [0.4, 0.5) is 13.2 Å². The number of halogens is 4. The zero-order valence-electron chi connectivity index (χ0n) is 12.0. The molecule has 0 saturated carbocycles. The van der Waals surface area contributed by atoms with E-state index in [1.165, 1.54) is 17.1 Å². The zero-order chi connectivity index (χ0) is 17.2. The van der Waals surface area contributed by atoms with Gasteiger partial charge in [0, 0.05) is 32.3 Å². The van der Waals surface area contributed by atoms with Crippen LogP contribution in [-0.4, -0.2) is 50.9 Å². The predicted octanol–water partition coefficient (Wildman–Crippen LogP) is 2.04. The Hall–Kier alpha value is -1.77. The van der Waals surface area contributed by atoms with Crippen LogP contribution in [0.1, 0.15) is 12.8 Å². The van der Waals surface area contributed by atoms with Crippen LogP contribution in [0.3, 0.4) is 0 Å². The van der Waals surface area contributed by atoms with E-state index in [9.17, 15) is 22.8 Å². The molecule has 1 amide bonds. The summed E-state index contributed by atoms with van der Waals surface area (Å²) in [5.41, 5.74) is 0. The largest absolute Gasteiger partial charge is 0.481 e. The quantitative estimate of drug-likeness (QED) is 0.898. The predicted molar refractivity (Wildman–Crippen MR) is 73.7 cm³/mol. The molecular formula is C13H15ClF3N3O3. The van der Waals surface area contributed by atoms with E-state index in [0.717, 1.165) is 4.90 Å². The summed E-state index contributed by atoms with van der Waals surface area (Å²) in [4.78, 5) is 24.1. The van der Waals surface area contributed by atoms with Gasteiger partial charge in [0.1, 0.15) is 0 Å². The van der Waals surface area contributed by atoms with E-state index in [1.807, 2.05) is 0 Å². The number of nitrogens with zero attached hydrogens (tertiary/aromatic N) is 3. The number of aromatic nitrogens is 2. The molecule has 0 bridgehead atoms. The van der Waals surface area contributed by atoms with E-state index in [1.54, 1.807) is 0 Å². The molecule has 2 heterocycles. The lowest BCUT2D eigenvalue weighted by Crippen LogP contribution is -2.50. The average Bonchev–Trinajstić information content (AvgIpc) is 2.89. The van der Waals surface area contributed by atoms with Crippen LogP contribution in [0.5, 0.6) is 0 Å². The van der Waals surface area contributed by atoms with E-state index < -0.39 is 42.9 Å². The highest BCUT2D eigenvalue weighted by atomic mass is 35.5. The molecule has 1 fully saturated rings. The number of aliphatic carboxylic acids is 1. The fourth-order valence-electron chi connectivity index (χ4n) is 2.55. The minimum absolute atomic E-state index is 0.0745. The number of carbonyl (C=O) groups excluding carboxylic acids is 1. The highest BCUT2D eigenvalue weighted by Crippen LogP contribution is 2.35. The minimum atomic E-state index is -4.53. The molecular weight excluding hydrogens is 339 g/mol. The Labute approximate surface area is 134 Å². The number of alkyl halides is 3. The van der Waals surface area contributed by atoms with Crippen molar-refractivity contribution < 1.29 is 27.9 Å². The molecule has 0 unspecified atom stereocenters. The van der Waals surface area contributed by atoms with Crippen molar-refractivity contribution in [3.8, 4) is 0 Å². The van der Waals surface area contributed by atoms with Crippen LogP contribution in [0, 0.1) is 11.8 Å². The Bertz CT molecular complexity index is 591. The number of hydrogen-bond donors (Lipinski definition) is 1. The summed E-state index contributed by atoms with van der Waals surface area (Å²) in [6, 6.07) is 0. The van der Waals surface area contributed by atoms with E-state index >= 15 is 0 Å². The van der Waals surface area contributed by atoms with Crippen LogP contribution >= 0.6 is 11.6 Å². The van der Waals surface area contributed by atoms with Gasteiger partial charge in [0.15, 0.2) is 0 Å². The van der Waals surface area contributed by atoms with Crippen molar-refractivity contribution in [2.45, 2.75) is 25.6 Å². The molecule has 1 aromatic rings. The van der Waals surface area contributed by atoms with Crippen molar-refractivity contribution in [1.82, 2.24) is 14.7 Å². The highest BCUT2D eigenvalue weighted by molar-refractivity contribution is 6.30. The van der Waals surface area contributed by atoms with E-state index in [-0.39, 0.29) is 19.5 Å². The SMILES string of the molecule is O=C(O)[C@@H]1C[C@H](C(F)(F)F)CN(C(=O)CCn2cc(Cl)cn2)C1. The topological polar surface area (TPSA) is 75.4 Å². The standard InChI is InChI=1S/C13H15ClF3N3O3/c14-10-4-18-20(7-10)2-1-11(21)19-5-8(12(22)23)3-9(6-19)13(15,16)17/h4,7-9H,1-3,5-6H2,(H,22,23)/t8-,9+/m1/s1. The van der Waals surface area contributed by atoms with Crippen molar-refractivity contribution >= 4 is 23.5 Å². The van der Waals surface area contributed by atoms with Crippen molar-refractivity contribution in [3.63, 3.8) is 0 Å². The third-order valence-corrected chi connectivity index (χ3v) is 3.97. The summed E-state index contributed by atoms with van der Waals surface area (Å²) >= 11 is 5.68. The van der Waals surface area contributed by atoms with Gasteiger partial charge in [-0.3, -0.25) is 14.3 Å². The Balaban J connectivity index is 2.00. The molecule has 1 saturated heterocycles. The van der Waals surface area contributed by atoms with E-state index in [4.69, 9.17) is 16.7 Å².